The van der Waals surface area contributed by atoms with Gasteiger partial charge in [0.15, 0.2) is 0 Å². The summed E-state index contributed by atoms with van der Waals surface area (Å²) < 4.78 is 0. The predicted molar refractivity (Wildman–Crippen MR) is 118 cm³/mol. The van der Waals surface area contributed by atoms with Gasteiger partial charge < -0.3 is 15.5 Å². The van der Waals surface area contributed by atoms with Crippen molar-refractivity contribution in [2.45, 2.75) is 24.7 Å². The Morgan fingerprint density at radius 2 is 1.59 bits per heavy atom. The van der Waals surface area contributed by atoms with E-state index in [0.717, 1.165) is 43.1 Å². The van der Waals surface area contributed by atoms with Gasteiger partial charge in [-0.3, -0.25) is 4.79 Å². The zero-order chi connectivity index (χ0) is 20.3. The third-order valence-electron chi connectivity index (χ3n) is 6.97. The van der Waals surface area contributed by atoms with E-state index in [2.05, 4.69) is 41.1 Å². The average Bonchev–Trinajstić information content (AvgIpc) is 3.18. The summed E-state index contributed by atoms with van der Waals surface area (Å²) in [5.41, 5.74) is 7.46. The smallest absolute Gasteiger partial charge is 0.232 e. The fourth-order valence-corrected chi connectivity index (χ4v) is 5.67. The molecular formula is C25H33N3O. The third kappa shape index (κ3) is 3.96. The highest BCUT2D eigenvalue weighted by Crippen LogP contribution is 2.43. The fourth-order valence-electron chi connectivity index (χ4n) is 5.67. The highest BCUT2D eigenvalue weighted by Gasteiger charge is 2.49. The molecule has 4 nitrogen and oxygen atoms in total. The molecule has 0 aromatic heterocycles. The zero-order valence-electron chi connectivity index (χ0n) is 17.5. The Morgan fingerprint density at radius 1 is 0.966 bits per heavy atom. The lowest BCUT2D eigenvalue weighted by molar-refractivity contribution is -0.123. The van der Waals surface area contributed by atoms with Crippen LogP contribution in [0, 0.1) is 11.8 Å². The number of primary amides is 1. The molecule has 29 heavy (non-hydrogen) atoms. The van der Waals surface area contributed by atoms with Gasteiger partial charge in [0.25, 0.3) is 0 Å². The molecule has 4 rings (SSSR count). The maximum Gasteiger partial charge on any atom is 0.232 e. The molecule has 4 heteroatoms. The van der Waals surface area contributed by atoms with Crippen molar-refractivity contribution < 1.29 is 4.79 Å². The van der Waals surface area contributed by atoms with Crippen LogP contribution in [0.25, 0.3) is 0 Å². The van der Waals surface area contributed by atoms with E-state index in [0.29, 0.717) is 0 Å². The lowest BCUT2D eigenvalue weighted by Crippen LogP contribution is -2.49. The van der Waals surface area contributed by atoms with Gasteiger partial charge in [-0.05, 0) is 62.4 Å². The predicted octanol–water partition coefficient (Wildman–Crippen LogP) is 3.12. The summed E-state index contributed by atoms with van der Waals surface area (Å²) in [6.07, 6.45) is 3.59. The second kappa shape index (κ2) is 8.68. The minimum Gasteiger partial charge on any atom is -0.369 e. The number of nitrogens with zero attached hydrogens (tertiary/aromatic N) is 2. The number of piperidine rings is 1. The number of rotatable bonds is 6. The van der Waals surface area contributed by atoms with Crippen molar-refractivity contribution in [1.29, 1.82) is 0 Å². The molecule has 154 valence electrons. The van der Waals surface area contributed by atoms with Gasteiger partial charge in [0.05, 0.1) is 0 Å². The van der Waals surface area contributed by atoms with Crippen LogP contribution in [-0.2, 0) is 10.2 Å². The molecule has 2 aromatic rings. The SMILES string of the molecule is CN1CCCC(CN2CCC(C(C(N)=O)(c3ccccc3)c3ccccc3)C2)C1. The summed E-state index contributed by atoms with van der Waals surface area (Å²) in [6, 6.07) is 20.3. The van der Waals surface area contributed by atoms with E-state index >= 15 is 0 Å². The molecule has 1 amide bonds. The lowest BCUT2D eigenvalue weighted by Gasteiger charge is -2.38. The number of carbonyl (C=O) groups is 1. The van der Waals surface area contributed by atoms with E-state index in [4.69, 9.17) is 5.73 Å². The van der Waals surface area contributed by atoms with Crippen LogP contribution >= 0.6 is 0 Å². The molecule has 2 fully saturated rings. The van der Waals surface area contributed by atoms with Gasteiger partial charge in [-0.1, -0.05) is 60.7 Å². The first kappa shape index (κ1) is 20.1. The van der Waals surface area contributed by atoms with Crippen LogP contribution in [0.3, 0.4) is 0 Å². The number of nitrogens with two attached hydrogens (primary N) is 1. The second-order valence-electron chi connectivity index (χ2n) is 8.92. The molecule has 2 aliphatic rings. The van der Waals surface area contributed by atoms with Gasteiger partial charge >= 0.3 is 0 Å². The Balaban J connectivity index is 1.63. The Hall–Kier alpha value is -2.17. The van der Waals surface area contributed by atoms with E-state index in [9.17, 15) is 4.79 Å². The number of amides is 1. The van der Waals surface area contributed by atoms with Gasteiger partial charge in [0.1, 0.15) is 5.41 Å². The molecule has 2 aliphatic heterocycles. The van der Waals surface area contributed by atoms with Gasteiger partial charge in [-0.25, -0.2) is 0 Å². The number of hydrogen-bond acceptors (Lipinski definition) is 3. The molecule has 2 heterocycles. The van der Waals surface area contributed by atoms with Crippen molar-refractivity contribution in [3.8, 4) is 0 Å². The minimum atomic E-state index is -0.777. The van der Waals surface area contributed by atoms with Crippen molar-refractivity contribution in [3.05, 3.63) is 71.8 Å². The fraction of sp³-hybridized carbons (Fsp3) is 0.480. The average molecular weight is 392 g/mol. The van der Waals surface area contributed by atoms with E-state index in [1.165, 1.54) is 25.9 Å². The van der Waals surface area contributed by atoms with Gasteiger partial charge in [0, 0.05) is 19.6 Å². The van der Waals surface area contributed by atoms with E-state index in [1.54, 1.807) is 0 Å². The number of carbonyl (C=O) groups excluding carboxylic acids is 1. The van der Waals surface area contributed by atoms with Crippen LogP contribution < -0.4 is 5.73 Å². The topological polar surface area (TPSA) is 49.6 Å². The van der Waals surface area contributed by atoms with Crippen LogP contribution in [0.1, 0.15) is 30.4 Å². The summed E-state index contributed by atoms with van der Waals surface area (Å²) in [4.78, 5) is 18.2. The first-order valence-electron chi connectivity index (χ1n) is 10.9. The molecule has 0 aliphatic carbocycles. The van der Waals surface area contributed by atoms with Crippen LogP contribution in [0.2, 0.25) is 0 Å². The molecule has 2 unspecified atom stereocenters. The van der Waals surface area contributed by atoms with Crippen LogP contribution in [0.4, 0.5) is 0 Å². The number of benzene rings is 2. The first-order valence-corrected chi connectivity index (χ1v) is 10.9. The molecule has 2 aromatic carbocycles. The minimum absolute atomic E-state index is 0.186. The quantitative estimate of drug-likeness (QED) is 0.823. The molecule has 2 atom stereocenters. The van der Waals surface area contributed by atoms with Crippen molar-refractivity contribution in [2.75, 3.05) is 39.8 Å². The first-order chi connectivity index (χ1) is 14.1. The van der Waals surface area contributed by atoms with Crippen molar-refractivity contribution in [2.24, 2.45) is 17.6 Å². The van der Waals surface area contributed by atoms with Crippen LogP contribution in [-0.4, -0.2) is 55.5 Å². The monoisotopic (exact) mass is 391 g/mol. The van der Waals surface area contributed by atoms with E-state index in [1.807, 2.05) is 36.4 Å². The molecule has 0 radical (unpaired) electrons. The van der Waals surface area contributed by atoms with Crippen LogP contribution in [0.15, 0.2) is 60.7 Å². The zero-order valence-corrected chi connectivity index (χ0v) is 17.5. The normalized spacial score (nSPS) is 23.9. The standard InChI is InChI=1S/C25H33N3O/c1-27-15-8-9-20(17-27)18-28-16-14-23(19-28)25(24(26)29,21-10-4-2-5-11-21)22-12-6-3-7-13-22/h2-7,10-13,20,23H,8-9,14-19H2,1H3,(H2,26,29). The molecule has 2 N–H and O–H groups in total. The van der Waals surface area contributed by atoms with Crippen LogP contribution in [0.5, 0.6) is 0 Å². The van der Waals surface area contributed by atoms with Crippen molar-refractivity contribution in [1.82, 2.24) is 9.80 Å². The summed E-state index contributed by atoms with van der Waals surface area (Å²) >= 11 is 0. The highest BCUT2D eigenvalue weighted by atomic mass is 16.1. The van der Waals surface area contributed by atoms with E-state index < -0.39 is 5.41 Å². The summed E-state index contributed by atoms with van der Waals surface area (Å²) in [5.74, 6) is 0.675. The molecule has 0 spiro atoms. The maximum atomic E-state index is 13.1. The Bertz CT molecular complexity index is 768. The largest absolute Gasteiger partial charge is 0.369 e. The molecule has 0 bridgehead atoms. The molecule has 0 saturated carbocycles. The Kier molecular flexibility index (Phi) is 6.02. The van der Waals surface area contributed by atoms with Gasteiger partial charge in [-0.15, -0.1) is 0 Å². The van der Waals surface area contributed by atoms with E-state index in [-0.39, 0.29) is 11.8 Å². The number of likely N-dealkylation sites (tertiary alicyclic amines) is 2. The summed E-state index contributed by atoms with van der Waals surface area (Å²) in [6.45, 7) is 5.48. The van der Waals surface area contributed by atoms with Gasteiger partial charge in [0.2, 0.25) is 5.91 Å². The lowest BCUT2D eigenvalue weighted by atomic mass is 9.64. The Morgan fingerprint density at radius 3 is 2.14 bits per heavy atom. The third-order valence-corrected chi connectivity index (χ3v) is 6.97. The van der Waals surface area contributed by atoms with Gasteiger partial charge in [-0.2, -0.15) is 0 Å². The maximum absolute atomic E-state index is 13.1. The second-order valence-corrected chi connectivity index (χ2v) is 8.92. The number of hydrogen-bond donors (Lipinski definition) is 1. The van der Waals surface area contributed by atoms with Crippen molar-refractivity contribution in [3.63, 3.8) is 0 Å². The van der Waals surface area contributed by atoms with Crippen molar-refractivity contribution >= 4 is 5.91 Å². The highest BCUT2D eigenvalue weighted by molar-refractivity contribution is 5.91. The molecule has 2 saturated heterocycles. The summed E-state index contributed by atoms with van der Waals surface area (Å²) in [7, 11) is 2.22. The summed E-state index contributed by atoms with van der Waals surface area (Å²) in [5, 5.41) is 0. The molecular weight excluding hydrogens is 358 g/mol. The Labute approximate surface area is 174 Å².